The van der Waals surface area contributed by atoms with Crippen molar-refractivity contribution >= 4 is 23.7 Å². The van der Waals surface area contributed by atoms with Gasteiger partial charge in [-0.15, -0.1) is 0 Å². The van der Waals surface area contributed by atoms with Crippen LogP contribution in [0.2, 0.25) is 0 Å². The molecule has 0 aliphatic carbocycles. The first-order valence-corrected chi connectivity index (χ1v) is 13.7. The number of rotatable bonds is 25. The molecular weight excluding hydrogens is 484 g/mol. The Morgan fingerprint density at radius 2 is 1.14 bits per heavy atom. The third-order valence-electron chi connectivity index (χ3n) is 6.92. The molecule has 0 heterocycles. The Balaban J connectivity index is 4.70. The van der Waals surface area contributed by atoms with E-state index in [-0.39, 0.29) is 12.8 Å². The Morgan fingerprint density at radius 3 is 1.46 bits per heavy atom. The summed E-state index contributed by atoms with van der Waals surface area (Å²) in [5.41, 5.74) is -3.50. The highest BCUT2D eigenvalue weighted by atomic mass is 16.4. The second-order valence-electron chi connectivity index (χ2n) is 10.0. The topological polar surface area (TPSA) is 198 Å². The number of carboxylic acids is 3. The van der Waals surface area contributed by atoms with Crippen molar-refractivity contribution in [2.24, 2.45) is 11.8 Å². The van der Waals surface area contributed by atoms with Crippen LogP contribution >= 0.6 is 0 Å². The van der Waals surface area contributed by atoms with Crippen molar-refractivity contribution in [2.45, 2.75) is 128 Å². The van der Waals surface area contributed by atoms with Gasteiger partial charge in [-0.05, 0) is 6.42 Å². The monoisotopic (exact) mass is 529 g/mol. The summed E-state index contributed by atoms with van der Waals surface area (Å²) in [5, 5.41) is 63.5. The van der Waals surface area contributed by atoms with E-state index in [1.54, 1.807) is 0 Å². The standard InChI is InChI=1S/C27H48O10/c1-2-3-4-5-6-7-8-9-10-11-12-13-14-15-16-17-20(24(32)21(29)19-28)23(25(33)34)27(37,26(35)36)18-22(30)31/h20-21,23,28-29,37H,2-19H2,1H3,(H,30,31)(H,33,34)(H,35,36)/p-3. The van der Waals surface area contributed by atoms with Gasteiger partial charge in [0, 0.05) is 30.2 Å². The van der Waals surface area contributed by atoms with Gasteiger partial charge in [0.25, 0.3) is 0 Å². The molecule has 0 aliphatic heterocycles. The lowest BCUT2D eigenvalue weighted by Gasteiger charge is -2.42. The maximum Gasteiger partial charge on any atom is 0.167 e. The van der Waals surface area contributed by atoms with Gasteiger partial charge in [0.1, 0.15) is 11.7 Å². The molecule has 4 unspecified atom stereocenters. The zero-order chi connectivity index (χ0) is 28.3. The minimum absolute atomic E-state index is 0.255. The van der Waals surface area contributed by atoms with Crippen LogP contribution in [0.3, 0.4) is 0 Å². The van der Waals surface area contributed by atoms with Crippen molar-refractivity contribution in [2.75, 3.05) is 6.61 Å². The van der Waals surface area contributed by atoms with Gasteiger partial charge in [-0.1, -0.05) is 103 Å². The molecule has 0 radical (unpaired) electrons. The van der Waals surface area contributed by atoms with Crippen molar-refractivity contribution in [1.82, 2.24) is 0 Å². The molecule has 4 atom stereocenters. The lowest BCUT2D eigenvalue weighted by Crippen LogP contribution is -2.63. The van der Waals surface area contributed by atoms with Crippen LogP contribution < -0.4 is 15.3 Å². The van der Waals surface area contributed by atoms with Gasteiger partial charge in [-0.25, -0.2) is 0 Å². The van der Waals surface area contributed by atoms with Crippen molar-refractivity contribution < 1.29 is 49.8 Å². The number of hydrogen-bond donors (Lipinski definition) is 3. The number of hydrogen-bond acceptors (Lipinski definition) is 10. The molecule has 0 saturated carbocycles. The van der Waals surface area contributed by atoms with E-state index in [2.05, 4.69) is 6.92 Å². The Kier molecular flexibility index (Phi) is 18.9. The van der Waals surface area contributed by atoms with Crippen LogP contribution in [0.25, 0.3) is 0 Å². The van der Waals surface area contributed by atoms with Crippen LogP contribution in [0.5, 0.6) is 0 Å². The van der Waals surface area contributed by atoms with E-state index >= 15 is 0 Å². The smallest absolute Gasteiger partial charge is 0.167 e. The van der Waals surface area contributed by atoms with Crippen LogP contribution in [0.15, 0.2) is 0 Å². The molecule has 0 amide bonds. The van der Waals surface area contributed by atoms with Crippen molar-refractivity contribution in [3.05, 3.63) is 0 Å². The zero-order valence-electron chi connectivity index (χ0n) is 22.2. The van der Waals surface area contributed by atoms with E-state index in [1.807, 2.05) is 0 Å². The number of Topliss-reactive ketones (excluding diaryl/α,β-unsaturated/α-hetero) is 1. The molecule has 216 valence electrons. The van der Waals surface area contributed by atoms with E-state index in [0.29, 0.717) is 6.42 Å². The van der Waals surface area contributed by atoms with Crippen LogP contribution in [-0.4, -0.2) is 57.3 Å². The minimum Gasteiger partial charge on any atom is -0.550 e. The van der Waals surface area contributed by atoms with E-state index in [0.717, 1.165) is 32.1 Å². The minimum atomic E-state index is -3.50. The Morgan fingerprint density at radius 1 is 0.730 bits per heavy atom. The van der Waals surface area contributed by atoms with E-state index in [9.17, 15) is 44.7 Å². The highest BCUT2D eigenvalue weighted by Crippen LogP contribution is 2.33. The Labute approximate surface area is 220 Å². The first-order chi connectivity index (χ1) is 17.5. The van der Waals surface area contributed by atoms with E-state index in [4.69, 9.17) is 5.11 Å². The summed E-state index contributed by atoms with van der Waals surface area (Å²) in [4.78, 5) is 46.8. The number of carbonyl (C=O) groups excluding carboxylic acids is 4. The lowest BCUT2D eigenvalue weighted by molar-refractivity contribution is -0.348. The maximum absolute atomic E-state index is 12.6. The number of aliphatic carboxylic acids is 3. The van der Waals surface area contributed by atoms with Crippen LogP contribution in [0.1, 0.15) is 116 Å². The summed E-state index contributed by atoms with van der Waals surface area (Å²) < 4.78 is 0. The van der Waals surface area contributed by atoms with Gasteiger partial charge in [0.2, 0.25) is 0 Å². The maximum atomic E-state index is 12.6. The molecule has 3 N–H and O–H groups in total. The van der Waals surface area contributed by atoms with E-state index < -0.39 is 60.3 Å². The number of ketones is 1. The molecule has 0 aromatic heterocycles. The predicted molar refractivity (Wildman–Crippen MR) is 129 cm³/mol. The van der Waals surface area contributed by atoms with Crippen LogP contribution in [-0.2, 0) is 19.2 Å². The average molecular weight is 530 g/mol. The summed E-state index contributed by atoms with van der Waals surface area (Å²) >= 11 is 0. The Bertz CT molecular complexity index is 680. The first-order valence-electron chi connectivity index (χ1n) is 13.7. The number of unbranched alkanes of at least 4 members (excludes halogenated alkanes) is 14. The van der Waals surface area contributed by atoms with Gasteiger partial charge in [-0.2, -0.15) is 0 Å². The molecular formula is C27H45O10-3. The normalized spacial score (nSPS) is 15.5. The molecule has 10 heteroatoms. The molecule has 0 fully saturated rings. The molecule has 0 spiro atoms. The molecule has 0 saturated heterocycles. The highest BCUT2D eigenvalue weighted by Gasteiger charge is 2.47. The highest BCUT2D eigenvalue weighted by molar-refractivity contribution is 5.94. The second-order valence-corrected chi connectivity index (χ2v) is 10.0. The summed E-state index contributed by atoms with van der Waals surface area (Å²) in [5.74, 6) is -12.2. The Hall–Kier alpha value is -2.04. The molecule has 37 heavy (non-hydrogen) atoms. The SMILES string of the molecule is CCCCCCCCCCCCCCCCCC(C(=O)C(O)CO)C(C(=O)[O-])C(O)(CC(=O)[O-])C(=O)[O-]. The number of aliphatic hydroxyl groups excluding tert-OH is 2. The van der Waals surface area contributed by atoms with Crippen LogP contribution in [0, 0.1) is 11.8 Å². The molecule has 0 aromatic carbocycles. The number of carboxylic acid groups (broad SMARTS) is 3. The lowest BCUT2D eigenvalue weighted by atomic mass is 9.71. The zero-order valence-corrected chi connectivity index (χ0v) is 22.2. The fourth-order valence-corrected chi connectivity index (χ4v) is 4.77. The quantitative estimate of drug-likeness (QED) is 0.133. The molecule has 0 bridgehead atoms. The fraction of sp³-hybridized carbons (Fsp3) is 0.852. The molecule has 0 rings (SSSR count). The van der Waals surface area contributed by atoms with Gasteiger partial charge in [0.15, 0.2) is 5.78 Å². The third-order valence-corrected chi connectivity index (χ3v) is 6.92. The number of carbonyl (C=O) groups is 4. The van der Waals surface area contributed by atoms with Gasteiger partial charge >= 0.3 is 0 Å². The third kappa shape index (κ3) is 13.9. The summed E-state index contributed by atoms with van der Waals surface area (Å²) in [7, 11) is 0. The number of aliphatic hydroxyl groups is 3. The summed E-state index contributed by atoms with van der Waals surface area (Å²) in [6.07, 6.45) is 12.1. The van der Waals surface area contributed by atoms with Crippen molar-refractivity contribution in [3.63, 3.8) is 0 Å². The van der Waals surface area contributed by atoms with Gasteiger partial charge < -0.3 is 45.0 Å². The largest absolute Gasteiger partial charge is 0.550 e. The van der Waals surface area contributed by atoms with Crippen LogP contribution in [0.4, 0.5) is 0 Å². The van der Waals surface area contributed by atoms with Crippen molar-refractivity contribution in [3.8, 4) is 0 Å². The molecule has 10 nitrogen and oxygen atoms in total. The molecule has 0 aliphatic rings. The van der Waals surface area contributed by atoms with Crippen molar-refractivity contribution in [1.29, 1.82) is 0 Å². The second kappa shape index (κ2) is 20.0. The summed E-state index contributed by atoms with van der Waals surface area (Å²) in [6, 6.07) is 0. The first kappa shape index (κ1) is 35.0. The van der Waals surface area contributed by atoms with Gasteiger partial charge in [-0.3, -0.25) is 4.79 Å². The predicted octanol–water partition coefficient (Wildman–Crippen LogP) is -0.226. The molecule has 0 aromatic rings. The van der Waals surface area contributed by atoms with Gasteiger partial charge in [0.05, 0.1) is 12.6 Å². The fourth-order valence-electron chi connectivity index (χ4n) is 4.77. The average Bonchev–Trinajstić information content (AvgIpc) is 2.83. The summed E-state index contributed by atoms with van der Waals surface area (Å²) in [6.45, 7) is 1.15. The van der Waals surface area contributed by atoms with E-state index in [1.165, 1.54) is 51.4 Å².